The molecule has 0 aliphatic carbocycles. The van der Waals surface area contributed by atoms with Gasteiger partial charge < -0.3 is 10.5 Å². The van der Waals surface area contributed by atoms with Gasteiger partial charge in [0.05, 0.1) is 12.2 Å². The van der Waals surface area contributed by atoms with E-state index in [1.165, 1.54) is 12.1 Å². The van der Waals surface area contributed by atoms with Crippen molar-refractivity contribution < 1.29 is 22.7 Å². The molecule has 0 aliphatic rings. The third-order valence-electron chi connectivity index (χ3n) is 2.11. The van der Waals surface area contributed by atoms with Crippen molar-refractivity contribution in [1.82, 2.24) is 0 Å². The number of halogens is 3. The van der Waals surface area contributed by atoms with Crippen molar-refractivity contribution in [2.75, 3.05) is 6.61 Å². The Balaban J connectivity index is 2.89. The van der Waals surface area contributed by atoms with Crippen molar-refractivity contribution in [3.63, 3.8) is 0 Å². The van der Waals surface area contributed by atoms with Crippen molar-refractivity contribution >= 4 is 11.7 Å². The van der Waals surface area contributed by atoms with Crippen molar-refractivity contribution in [3.8, 4) is 0 Å². The van der Waals surface area contributed by atoms with E-state index in [9.17, 15) is 18.0 Å². The SMILES string of the molecule is CCOC(=O)/C=C(\N)c1ccc(C(F)(F)F)cc1. The summed E-state index contributed by atoms with van der Waals surface area (Å²) in [6.07, 6.45) is -3.36. The second-order valence-corrected chi connectivity index (χ2v) is 3.43. The molecular formula is C12H12F3NO2. The first-order chi connectivity index (χ1) is 8.34. The summed E-state index contributed by atoms with van der Waals surface area (Å²) in [5.74, 6) is -0.630. The predicted octanol–water partition coefficient (Wildman–Crippen LogP) is 2.57. The molecule has 0 aliphatic heterocycles. The Bertz CT molecular complexity index is 449. The zero-order valence-electron chi connectivity index (χ0n) is 9.62. The van der Waals surface area contributed by atoms with Gasteiger partial charge >= 0.3 is 12.1 Å². The summed E-state index contributed by atoms with van der Waals surface area (Å²) in [6, 6.07) is 4.21. The zero-order chi connectivity index (χ0) is 13.8. The minimum Gasteiger partial charge on any atom is -0.463 e. The molecule has 2 N–H and O–H groups in total. The van der Waals surface area contributed by atoms with Crippen LogP contribution in [0.25, 0.3) is 5.70 Å². The third kappa shape index (κ3) is 3.80. The normalized spacial score (nSPS) is 12.3. The molecule has 0 saturated heterocycles. The van der Waals surface area contributed by atoms with Gasteiger partial charge in [-0.05, 0) is 24.6 Å². The van der Waals surface area contributed by atoms with E-state index in [0.717, 1.165) is 18.2 Å². The first kappa shape index (κ1) is 14.1. The standard InChI is InChI=1S/C12H12F3NO2/c1-2-18-11(17)7-10(16)8-3-5-9(6-4-8)12(13,14)15/h3-7H,2,16H2,1H3/b10-7-. The summed E-state index contributed by atoms with van der Waals surface area (Å²) >= 11 is 0. The summed E-state index contributed by atoms with van der Waals surface area (Å²) in [4.78, 5) is 11.1. The monoisotopic (exact) mass is 259 g/mol. The van der Waals surface area contributed by atoms with E-state index >= 15 is 0 Å². The lowest BCUT2D eigenvalue weighted by atomic mass is 10.1. The molecular weight excluding hydrogens is 247 g/mol. The highest BCUT2D eigenvalue weighted by Crippen LogP contribution is 2.29. The van der Waals surface area contributed by atoms with Gasteiger partial charge in [0.1, 0.15) is 0 Å². The molecule has 98 valence electrons. The van der Waals surface area contributed by atoms with Gasteiger partial charge in [-0.3, -0.25) is 0 Å². The van der Waals surface area contributed by atoms with Crippen LogP contribution in [0.4, 0.5) is 13.2 Å². The summed E-state index contributed by atoms with van der Waals surface area (Å²) < 4.78 is 41.6. The largest absolute Gasteiger partial charge is 0.463 e. The van der Waals surface area contributed by atoms with Gasteiger partial charge in [-0.15, -0.1) is 0 Å². The molecule has 0 bridgehead atoms. The quantitative estimate of drug-likeness (QED) is 0.670. The second-order valence-electron chi connectivity index (χ2n) is 3.43. The molecule has 6 heteroatoms. The average molecular weight is 259 g/mol. The van der Waals surface area contributed by atoms with Gasteiger partial charge in [0, 0.05) is 11.8 Å². The highest BCUT2D eigenvalue weighted by atomic mass is 19.4. The molecule has 0 atom stereocenters. The van der Waals surface area contributed by atoms with Crippen molar-refractivity contribution in [2.24, 2.45) is 5.73 Å². The Hall–Kier alpha value is -1.98. The Morgan fingerprint density at radius 3 is 2.33 bits per heavy atom. The van der Waals surface area contributed by atoms with Crippen LogP contribution in [0.1, 0.15) is 18.1 Å². The van der Waals surface area contributed by atoms with Gasteiger partial charge in [0.25, 0.3) is 0 Å². The minimum absolute atomic E-state index is 0.0576. The zero-order valence-corrected chi connectivity index (χ0v) is 9.62. The molecule has 3 nitrogen and oxygen atoms in total. The number of hydrogen-bond donors (Lipinski definition) is 1. The predicted molar refractivity (Wildman–Crippen MR) is 60.2 cm³/mol. The lowest BCUT2D eigenvalue weighted by Crippen LogP contribution is -2.07. The van der Waals surface area contributed by atoms with Crippen LogP contribution in [-0.4, -0.2) is 12.6 Å². The number of nitrogens with two attached hydrogens (primary N) is 1. The first-order valence-corrected chi connectivity index (χ1v) is 5.16. The summed E-state index contributed by atoms with van der Waals surface area (Å²) in [7, 11) is 0. The van der Waals surface area contributed by atoms with E-state index in [1.807, 2.05) is 0 Å². The van der Waals surface area contributed by atoms with E-state index in [2.05, 4.69) is 4.74 Å². The molecule has 0 amide bonds. The molecule has 0 saturated carbocycles. The fraction of sp³-hybridized carbons (Fsp3) is 0.250. The second kappa shape index (κ2) is 5.57. The molecule has 18 heavy (non-hydrogen) atoms. The van der Waals surface area contributed by atoms with Crippen LogP contribution >= 0.6 is 0 Å². The maximum Gasteiger partial charge on any atom is 0.416 e. The molecule has 1 rings (SSSR count). The third-order valence-corrected chi connectivity index (χ3v) is 2.11. The van der Waals surface area contributed by atoms with E-state index in [-0.39, 0.29) is 12.3 Å². The van der Waals surface area contributed by atoms with Gasteiger partial charge in [0.2, 0.25) is 0 Å². The van der Waals surface area contributed by atoms with E-state index in [0.29, 0.717) is 5.56 Å². The Kier molecular flexibility index (Phi) is 4.36. The number of esters is 1. The maximum absolute atomic E-state index is 12.3. The molecule has 0 unspecified atom stereocenters. The number of rotatable bonds is 3. The molecule has 0 spiro atoms. The fourth-order valence-corrected chi connectivity index (χ4v) is 1.25. The van der Waals surface area contributed by atoms with Crippen molar-refractivity contribution in [1.29, 1.82) is 0 Å². The van der Waals surface area contributed by atoms with Crippen molar-refractivity contribution in [2.45, 2.75) is 13.1 Å². The maximum atomic E-state index is 12.3. The smallest absolute Gasteiger partial charge is 0.416 e. The van der Waals surface area contributed by atoms with Crippen LogP contribution < -0.4 is 5.73 Å². The van der Waals surface area contributed by atoms with Crippen LogP contribution in [0.15, 0.2) is 30.3 Å². The summed E-state index contributed by atoms with van der Waals surface area (Å²) in [5.41, 5.74) is 5.18. The lowest BCUT2D eigenvalue weighted by Gasteiger charge is -2.07. The number of ether oxygens (including phenoxy) is 1. The molecule has 1 aromatic carbocycles. The highest BCUT2D eigenvalue weighted by molar-refractivity contribution is 5.90. The van der Waals surface area contributed by atoms with Gasteiger partial charge in [0.15, 0.2) is 0 Å². The van der Waals surface area contributed by atoms with Crippen LogP contribution in [0.2, 0.25) is 0 Å². The summed E-state index contributed by atoms with van der Waals surface area (Å²) in [5, 5.41) is 0. The van der Waals surface area contributed by atoms with Crippen molar-refractivity contribution in [3.05, 3.63) is 41.5 Å². The Labute approximate surface area is 102 Å². The molecule has 1 aromatic rings. The summed E-state index contributed by atoms with van der Waals surface area (Å²) in [6.45, 7) is 1.84. The number of hydrogen-bond acceptors (Lipinski definition) is 3. The van der Waals surface area contributed by atoms with Crippen LogP contribution in [0.5, 0.6) is 0 Å². The molecule has 0 aromatic heterocycles. The van der Waals surface area contributed by atoms with Gasteiger partial charge in [-0.1, -0.05) is 12.1 Å². The van der Waals surface area contributed by atoms with Crippen LogP contribution in [0, 0.1) is 0 Å². The Morgan fingerprint density at radius 1 is 1.33 bits per heavy atom. The Morgan fingerprint density at radius 2 is 1.89 bits per heavy atom. The molecule has 0 radical (unpaired) electrons. The number of carbonyl (C=O) groups is 1. The lowest BCUT2D eigenvalue weighted by molar-refractivity contribution is -0.138. The number of alkyl halides is 3. The molecule has 0 heterocycles. The van der Waals surface area contributed by atoms with E-state index in [4.69, 9.17) is 5.73 Å². The van der Waals surface area contributed by atoms with E-state index in [1.54, 1.807) is 6.92 Å². The molecule has 0 fully saturated rings. The highest BCUT2D eigenvalue weighted by Gasteiger charge is 2.29. The number of carbonyl (C=O) groups excluding carboxylic acids is 1. The van der Waals surface area contributed by atoms with Crippen LogP contribution in [-0.2, 0) is 15.7 Å². The number of benzene rings is 1. The fourth-order valence-electron chi connectivity index (χ4n) is 1.25. The first-order valence-electron chi connectivity index (χ1n) is 5.16. The van der Waals surface area contributed by atoms with Gasteiger partial charge in [-0.25, -0.2) is 4.79 Å². The van der Waals surface area contributed by atoms with Gasteiger partial charge in [-0.2, -0.15) is 13.2 Å². The average Bonchev–Trinajstić information content (AvgIpc) is 2.28. The topological polar surface area (TPSA) is 52.3 Å². The van der Waals surface area contributed by atoms with E-state index < -0.39 is 17.7 Å². The minimum atomic E-state index is -4.39. The van der Waals surface area contributed by atoms with Crippen LogP contribution in [0.3, 0.4) is 0 Å².